The van der Waals surface area contributed by atoms with E-state index < -0.39 is 36.4 Å². The largest absolute Gasteiger partial charge is 0.466 e. The summed E-state index contributed by atoms with van der Waals surface area (Å²) >= 11 is 0. The van der Waals surface area contributed by atoms with Crippen molar-refractivity contribution in [3.05, 3.63) is 11.1 Å². The Bertz CT molecular complexity index is 481. The van der Waals surface area contributed by atoms with E-state index in [1.54, 1.807) is 0 Å². The average Bonchev–Trinajstić information content (AvgIpc) is 3.19. The molecule has 4 atom stereocenters. The van der Waals surface area contributed by atoms with Crippen molar-refractivity contribution in [3.8, 4) is 0 Å². The fourth-order valence-corrected chi connectivity index (χ4v) is 3.81. The summed E-state index contributed by atoms with van der Waals surface area (Å²) in [6.45, 7) is -0.887. The molecular formula is C13H16O7. The van der Waals surface area contributed by atoms with Crippen LogP contribution in [-0.2, 0) is 23.8 Å². The van der Waals surface area contributed by atoms with Crippen LogP contribution >= 0.6 is 0 Å². The van der Waals surface area contributed by atoms with Crippen molar-refractivity contribution < 1.29 is 34.0 Å². The number of fused-ring (bicyclic) bond motifs is 5. The van der Waals surface area contributed by atoms with Crippen LogP contribution in [-0.4, -0.2) is 60.8 Å². The first-order valence-corrected chi connectivity index (χ1v) is 6.36. The summed E-state index contributed by atoms with van der Waals surface area (Å²) in [6.07, 6.45) is 0.683. The topological polar surface area (TPSA) is 102 Å². The smallest absolute Gasteiger partial charge is 0.337 e. The minimum Gasteiger partial charge on any atom is -0.466 e. The Hall–Kier alpha value is -1.44. The molecule has 0 aromatic rings. The molecule has 0 unspecified atom stereocenters. The van der Waals surface area contributed by atoms with Gasteiger partial charge in [0.2, 0.25) is 0 Å². The minimum absolute atomic E-state index is 0.0119. The molecule has 0 aromatic carbocycles. The molecule has 0 radical (unpaired) electrons. The van der Waals surface area contributed by atoms with Crippen LogP contribution in [0.5, 0.6) is 0 Å². The van der Waals surface area contributed by atoms with Crippen molar-refractivity contribution >= 4 is 11.9 Å². The van der Waals surface area contributed by atoms with Gasteiger partial charge in [-0.3, -0.25) is 0 Å². The summed E-state index contributed by atoms with van der Waals surface area (Å²) in [5, 5.41) is 19.5. The van der Waals surface area contributed by atoms with Crippen LogP contribution in [0.2, 0.25) is 0 Å². The molecule has 1 saturated heterocycles. The van der Waals surface area contributed by atoms with E-state index in [2.05, 4.69) is 0 Å². The van der Waals surface area contributed by atoms with Gasteiger partial charge in [-0.2, -0.15) is 0 Å². The molecule has 20 heavy (non-hydrogen) atoms. The third-order valence-electron chi connectivity index (χ3n) is 4.70. The highest BCUT2D eigenvalue weighted by atomic mass is 16.6. The highest BCUT2D eigenvalue weighted by Crippen LogP contribution is 2.71. The Kier molecular flexibility index (Phi) is 2.73. The summed E-state index contributed by atoms with van der Waals surface area (Å²) in [5.74, 6) is -1.63. The number of methoxy groups -OCH3 is 2. The monoisotopic (exact) mass is 284 g/mol. The first-order chi connectivity index (χ1) is 9.52. The van der Waals surface area contributed by atoms with Gasteiger partial charge in [0.15, 0.2) is 0 Å². The maximum absolute atomic E-state index is 12.1. The predicted octanol–water partition coefficient (Wildman–Crippen LogP) is -1.23. The summed E-state index contributed by atoms with van der Waals surface area (Å²) in [6, 6.07) is 0. The molecule has 3 aliphatic rings. The Morgan fingerprint density at radius 3 is 1.80 bits per heavy atom. The van der Waals surface area contributed by atoms with Crippen LogP contribution in [0.3, 0.4) is 0 Å². The molecule has 2 aliphatic heterocycles. The Morgan fingerprint density at radius 1 is 1.10 bits per heavy atom. The molecule has 2 fully saturated rings. The maximum atomic E-state index is 12.1. The van der Waals surface area contributed by atoms with Crippen molar-refractivity contribution in [1.82, 2.24) is 0 Å². The van der Waals surface area contributed by atoms with Gasteiger partial charge in [0.05, 0.1) is 38.6 Å². The lowest BCUT2D eigenvalue weighted by molar-refractivity contribution is -0.145. The summed E-state index contributed by atoms with van der Waals surface area (Å²) in [4.78, 5) is 24.1. The summed E-state index contributed by atoms with van der Waals surface area (Å²) in [7, 11) is 2.38. The van der Waals surface area contributed by atoms with Gasteiger partial charge in [0, 0.05) is 11.8 Å². The third kappa shape index (κ3) is 1.25. The first-order valence-electron chi connectivity index (χ1n) is 6.36. The van der Waals surface area contributed by atoms with E-state index in [-0.39, 0.29) is 23.0 Å². The van der Waals surface area contributed by atoms with Crippen molar-refractivity contribution in [2.75, 3.05) is 27.4 Å². The van der Waals surface area contributed by atoms with E-state index in [9.17, 15) is 19.8 Å². The second-order valence-electron chi connectivity index (χ2n) is 5.38. The number of carbonyl (C=O) groups excluding carboxylic acids is 2. The molecule has 1 saturated carbocycles. The predicted molar refractivity (Wildman–Crippen MR) is 63.4 cm³/mol. The van der Waals surface area contributed by atoms with Gasteiger partial charge in [-0.15, -0.1) is 0 Å². The number of ether oxygens (including phenoxy) is 3. The van der Waals surface area contributed by atoms with E-state index in [1.165, 1.54) is 14.2 Å². The van der Waals surface area contributed by atoms with Gasteiger partial charge in [0.25, 0.3) is 0 Å². The van der Waals surface area contributed by atoms with Crippen molar-refractivity contribution in [1.29, 1.82) is 0 Å². The zero-order chi connectivity index (χ0) is 14.7. The zero-order valence-corrected chi connectivity index (χ0v) is 11.2. The van der Waals surface area contributed by atoms with E-state index >= 15 is 0 Å². The Labute approximate surface area is 115 Å². The normalized spacial score (nSPS) is 40.6. The second kappa shape index (κ2) is 4.03. The van der Waals surface area contributed by atoms with Crippen LogP contribution in [0.4, 0.5) is 0 Å². The lowest BCUT2D eigenvalue weighted by atomic mass is 9.77. The SMILES string of the molecule is COC(=O)C1=C(C(=O)OC)[C@@]2(CO)O[C@]1(CO)[C@@H]1C[C@@H]12. The molecule has 7 heteroatoms. The number of esters is 2. The average molecular weight is 284 g/mol. The standard InChI is InChI=1S/C13H16O7/c1-18-10(16)8-9(11(17)19-2)13(5-15)7-3-6(7)12(8,4-14)20-13/h6-7,14-15H,3-5H2,1-2H3/t6-,7+,12-,13+. The molecule has 2 bridgehead atoms. The molecule has 0 spiro atoms. The summed E-state index contributed by atoms with van der Waals surface area (Å²) < 4.78 is 15.2. The fourth-order valence-electron chi connectivity index (χ4n) is 3.81. The number of hydrogen-bond acceptors (Lipinski definition) is 7. The molecule has 0 amide bonds. The van der Waals surface area contributed by atoms with Crippen molar-refractivity contribution in [2.24, 2.45) is 11.8 Å². The number of aliphatic hydroxyl groups excluding tert-OH is 2. The fraction of sp³-hybridized carbons (Fsp3) is 0.692. The number of carbonyl (C=O) groups is 2. The minimum atomic E-state index is -1.26. The lowest BCUT2D eigenvalue weighted by Crippen LogP contribution is -2.41. The molecule has 3 rings (SSSR count). The van der Waals surface area contributed by atoms with Crippen molar-refractivity contribution in [3.63, 3.8) is 0 Å². The number of rotatable bonds is 4. The second-order valence-corrected chi connectivity index (χ2v) is 5.38. The van der Waals surface area contributed by atoms with Crippen LogP contribution in [0.15, 0.2) is 11.1 Å². The van der Waals surface area contributed by atoms with E-state index in [0.717, 1.165) is 0 Å². The quantitative estimate of drug-likeness (QED) is 0.623. The molecular weight excluding hydrogens is 268 g/mol. The summed E-state index contributed by atoms with van der Waals surface area (Å²) in [5.41, 5.74) is -2.54. The van der Waals surface area contributed by atoms with Crippen LogP contribution in [0.25, 0.3) is 0 Å². The highest BCUT2D eigenvalue weighted by molar-refractivity contribution is 6.05. The number of hydrogen-bond donors (Lipinski definition) is 2. The Morgan fingerprint density at radius 2 is 1.50 bits per heavy atom. The molecule has 1 aliphatic carbocycles. The van der Waals surface area contributed by atoms with E-state index in [4.69, 9.17) is 14.2 Å². The zero-order valence-electron chi connectivity index (χ0n) is 11.2. The van der Waals surface area contributed by atoms with Gasteiger partial charge in [-0.05, 0) is 6.42 Å². The molecule has 2 N–H and O–H groups in total. The molecule has 0 aromatic heterocycles. The van der Waals surface area contributed by atoms with Gasteiger partial charge >= 0.3 is 11.9 Å². The lowest BCUT2D eigenvalue weighted by Gasteiger charge is -2.28. The Balaban J connectivity index is 2.23. The molecule has 2 heterocycles. The van der Waals surface area contributed by atoms with Crippen LogP contribution in [0.1, 0.15) is 6.42 Å². The van der Waals surface area contributed by atoms with Crippen molar-refractivity contribution in [2.45, 2.75) is 17.6 Å². The van der Waals surface area contributed by atoms with Crippen LogP contribution < -0.4 is 0 Å². The first kappa shape index (κ1) is 13.5. The van der Waals surface area contributed by atoms with E-state index in [1.807, 2.05) is 0 Å². The third-order valence-corrected chi connectivity index (χ3v) is 4.70. The molecule has 110 valence electrons. The molecule has 7 nitrogen and oxygen atoms in total. The van der Waals surface area contributed by atoms with Gasteiger partial charge < -0.3 is 24.4 Å². The number of aliphatic hydroxyl groups is 2. The maximum Gasteiger partial charge on any atom is 0.337 e. The van der Waals surface area contributed by atoms with Gasteiger partial charge in [-0.1, -0.05) is 0 Å². The van der Waals surface area contributed by atoms with Gasteiger partial charge in [0.1, 0.15) is 11.2 Å². The van der Waals surface area contributed by atoms with Gasteiger partial charge in [-0.25, -0.2) is 9.59 Å². The highest BCUT2D eigenvalue weighted by Gasteiger charge is 2.80. The van der Waals surface area contributed by atoms with E-state index in [0.29, 0.717) is 6.42 Å². The van der Waals surface area contributed by atoms with Crippen LogP contribution in [0, 0.1) is 11.8 Å².